The minimum Gasteiger partial charge on any atom is -0.341 e. The van der Waals surface area contributed by atoms with Crippen LogP contribution >= 0.6 is 0 Å². The van der Waals surface area contributed by atoms with E-state index in [0.717, 1.165) is 16.7 Å². The van der Waals surface area contributed by atoms with Crippen molar-refractivity contribution in [1.29, 1.82) is 0 Å². The minimum atomic E-state index is -0.363. The first-order valence-electron chi connectivity index (χ1n) is 8.36. The van der Waals surface area contributed by atoms with E-state index < -0.39 is 0 Å². The summed E-state index contributed by atoms with van der Waals surface area (Å²) >= 11 is 0. The minimum absolute atomic E-state index is 0.240. The van der Waals surface area contributed by atoms with E-state index in [2.05, 4.69) is 20.4 Å². The molecule has 136 valence electrons. The van der Waals surface area contributed by atoms with Crippen molar-refractivity contribution in [3.63, 3.8) is 0 Å². The summed E-state index contributed by atoms with van der Waals surface area (Å²) in [5, 5.41) is 7.11. The lowest BCUT2D eigenvalue weighted by molar-refractivity contribution is 0.102. The van der Waals surface area contributed by atoms with Crippen LogP contribution in [0.4, 0.5) is 10.1 Å². The monoisotopic (exact) mass is 364 g/mol. The normalized spacial score (nSPS) is 11.1. The fourth-order valence-electron chi connectivity index (χ4n) is 2.89. The number of H-pyrrole nitrogens is 1. The summed E-state index contributed by atoms with van der Waals surface area (Å²) in [5.74, 6) is -0.0396. The quantitative estimate of drug-likeness (QED) is 0.518. The Labute approximate surface area is 154 Å². The van der Waals surface area contributed by atoms with Crippen LogP contribution in [0, 0.1) is 12.7 Å². The molecule has 0 aliphatic heterocycles. The number of carbonyl (C=O) groups is 1. The highest BCUT2D eigenvalue weighted by atomic mass is 19.1. The van der Waals surface area contributed by atoms with E-state index in [4.69, 9.17) is 5.73 Å². The Bertz CT molecular complexity index is 1150. The molecular formula is C19H17FN6O. The largest absolute Gasteiger partial charge is 0.341 e. The Morgan fingerprint density at radius 2 is 2.11 bits per heavy atom. The molecule has 27 heavy (non-hydrogen) atoms. The van der Waals surface area contributed by atoms with E-state index >= 15 is 0 Å². The first kappa shape index (κ1) is 16.9. The number of benzene rings is 2. The third kappa shape index (κ3) is 3.30. The maximum absolute atomic E-state index is 13.5. The third-order valence-corrected chi connectivity index (χ3v) is 4.15. The van der Waals surface area contributed by atoms with Gasteiger partial charge in [-0.15, -0.1) is 0 Å². The van der Waals surface area contributed by atoms with Gasteiger partial charge in [-0.3, -0.25) is 4.79 Å². The number of halogens is 1. The Morgan fingerprint density at radius 3 is 2.89 bits per heavy atom. The number of hydrogen-bond acceptors (Lipinski definition) is 4. The molecule has 0 aliphatic carbocycles. The van der Waals surface area contributed by atoms with Crippen LogP contribution in [-0.4, -0.2) is 25.7 Å². The number of fused-ring (bicyclic) bond motifs is 1. The maximum atomic E-state index is 13.5. The van der Waals surface area contributed by atoms with Crippen LogP contribution in [0.3, 0.4) is 0 Å². The molecule has 4 rings (SSSR count). The van der Waals surface area contributed by atoms with Crippen molar-refractivity contribution in [3.05, 3.63) is 71.6 Å². The topological polar surface area (TPSA) is 102 Å². The number of hydrogen-bond donors (Lipinski definition) is 3. The van der Waals surface area contributed by atoms with Crippen LogP contribution in [0.2, 0.25) is 0 Å². The van der Waals surface area contributed by atoms with Crippen LogP contribution in [0.1, 0.15) is 22.0 Å². The summed E-state index contributed by atoms with van der Waals surface area (Å²) in [7, 11) is 0. The number of nitrogens with two attached hydrogens (primary N) is 1. The van der Waals surface area contributed by atoms with Crippen molar-refractivity contribution in [2.75, 3.05) is 5.32 Å². The molecule has 2 heterocycles. The molecule has 0 unspecified atom stereocenters. The van der Waals surface area contributed by atoms with Gasteiger partial charge in [0, 0.05) is 11.4 Å². The van der Waals surface area contributed by atoms with Crippen LogP contribution < -0.4 is 11.1 Å². The zero-order valence-electron chi connectivity index (χ0n) is 14.5. The van der Waals surface area contributed by atoms with Gasteiger partial charge in [-0.2, -0.15) is 5.10 Å². The van der Waals surface area contributed by atoms with Gasteiger partial charge in [0.15, 0.2) is 5.69 Å². The maximum Gasteiger partial charge on any atom is 0.276 e. The molecule has 4 aromatic rings. The molecule has 0 atom stereocenters. The smallest absolute Gasteiger partial charge is 0.276 e. The van der Waals surface area contributed by atoms with Gasteiger partial charge in [0.25, 0.3) is 5.91 Å². The van der Waals surface area contributed by atoms with Gasteiger partial charge in [0.1, 0.15) is 11.6 Å². The summed E-state index contributed by atoms with van der Waals surface area (Å²) in [5.41, 5.74) is 9.28. The number of amides is 1. The molecular weight excluding hydrogens is 347 g/mol. The van der Waals surface area contributed by atoms with Gasteiger partial charge >= 0.3 is 0 Å². The molecule has 0 saturated carbocycles. The highest BCUT2D eigenvalue weighted by Crippen LogP contribution is 2.19. The number of rotatable bonds is 4. The predicted octanol–water partition coefficient (Wildman–Crippen LogP) is 2.91. The number of nitrogens with one attached hydrogen (secondary N) is 2. The van der Waals surface area contributed by atoms with Gasteiger partial charge in [-0.05, 0) is 49.4 Å². The standard InChI is InChI=1S/C19H17FN6O/c1-11-7-17(25-26(11)14-4-2-3-12(20)8-14)19(27)22-13-5-6-15-16(9-13)24-18(10-21)23-15/h2-9H,10,21H2,1H3,(H,22,27)(H,23,24). The van der Waals surface area contributed by atoms with Crippen LogP contribution in [0.25, 0.3) is 16.7 Å². The van der Waals surface area contributed by atoms with Gasteiger partial charge < -0.3 is 16.0 Å². The van der Waals surface area contributed by atoms with E-state index in [0.29, 0.717) is 23.7 Å². The lowest BCUT2D eigenvalue weighted by Crippen LogP contribution is -2.13. The lowest BCUT2D eigenvalue weighted by atomic mass is 10.2. The second kappa shape index (κ2) is 6.65. The predicted molar refractivity (Wildman–Crippen MR) is 100 cm³/mol. The first-order chi connectivity index (χ1) is 13.0. The zero-order valence-corrected chi connectivity index (χ0v) is 14.5. The van der Waals surface area contributed by atoms with E-state index in [1.165, 1.54) is 16.8 Å². The van der Waals surface area contributed by atoms with Crippen molar-refractivity contribution in [3.8, 4) is 5.69 Å². The number of anilines is 1. The number of carbonyl (C=O) groups excluding carboxylic acids is 1. The fourth-order valence-corrected chi connectivity index (χ4v) is 2.89. The molecule has 4 N–H and O–H groups in total. The fraction of sp³-hybridized carbons (Fsp3) is 0.105. The van der Waals surface area contributed by atoms with Crippen molar-refractivity contribution in [1.82, 2.24) is 19.7 Å². The summed E-state index contributed by atoms with van der Waals surface area (Å²) in [6.07, 6.45) is 0. The number of aromatic nitrogens is 4. The summed E-state index contributed by atoms with van der Waals surface area (Å²) < 4.78 is 15.0. The molecule has 1 amide bonds. The Balaban J connectivity index is 1.59. The second-order valence-corrected chi connectivity index (χ2v) is 6.14. The Hall–Kier alpha value is -3.52. The van der Waals surface area contributed by atoms with Gasteiger partial charge in [0.05, 0.1) is 23.3 Å². The number of aromatic amines is 1. The zero-order chi connectivity index (χ0) is 19.0. The van der Waals surface area contributed by atoms with Crippen molar-refractivity contribution < 1.29 is 9.18 Å². The van der Waals surface area contributed by atoms with Crippen LogP contribution in [0.5, 0.6) is 0 Å². The van der Waals surface area contributed by atoms with Crippen molar-refractivity contribution in [2.24, 2.45) is 5.73 Å². The molecule has 7 nitrogen and oxygen atoms in total. The first-order valence-corrected chi connectivity index (χ1v) is 8.36. The van der Waals surface area contributed by atoms with Crippen LogP contribution in [0.15, 0.2) is 48.5 Å². The molecule has 8 heteroatoms. The van der Waals surface area contributed by atoms with Gasteiger partial charge in [-0.25, -0.2) is 14.1 Å². The molecule has 0 radical (unpaired) electrons. The number of nitrogens with zero attached hydrogens (tertiary/aromatic N) is 3. The van der Waals surface area contributed by atoms with E-state index in [-0.39, 0.29) is 17.4 Å². The number of aryl methyl sites for hydroxylation is 1. The average Bonchev–Trinajstić information content (AvgIpc) is 3.24. The molecule has 2 aromatic heterocycles. The van der Waals surface area contributed by atoms with Crippen LogP contribution in [-0.2, 0) is 6.54 Å². The van der Waals surface area contributed by atoms with Crippen molar-refractivity contribution >= 4 is 22.6 Å². The molecule has 0 bridgehead atoms. The third-order valence-electron chi connectivity index (χ3n) is 4.15. The SMILES string of the molecule is Cc1cc(C(=O)Nc2ccc3nc(CN)[nH]c3c2)nn1-c1cccc(F)c1. The van der Waals surface area contributed by atoms with E-state index in [1.807, 2.05) is 0 Å². The van der Waals surface area contributed by atoms with Gasteiger partial charge in [-0.1, -0.05) is 6.07 Å². The Kier molecular flexibility index (Phi) is 4.17. The summed E-state index contributed by atoms with van der Waals surface area (Å²) in [6.45, 7) is 2.12. The second-order valence-electron chi connectivity index (χ2n) is 6.14. The highest BCUT2D eigenvalue weighted by Gasteiger charge is 2.14. The molecule has 0 saturated heterocycles. The highest BCUT2D eigenvalue weighted by molar-refractivity contribution is 6.03. The molecule has 0 fully saturated rings. The van der Waals surface area contributed by atoms with E-state index in [1.54, 1.807) is 43.3 Å². The number of imidazole rings is 1. The molecule has 0 spiro atoms. The van der Waals surface area contributed by atoms with Gasteiger partial charge in [0.2, 0.25) is 0 Å². The lowest BCUT2D eigenvalue weighted by Gasteiger charge is -2.04. The summed E-state index contributed by atoms with van der Waals surface area (Å²) in [6, 6.07) is 13.1. The molecule has 2 aromatic carbocycles. The summed E-state index contributed by atoms with van der Waals surface area (Å²) in [4.78, 5) is 20.0. The Morgan fingerprint density at radius 1 is 1.26 bits per heavy atom. The average molecular weight is 364 g/mol. The molecule has 0 aliphatic rings. The van der Waals surface area contributed by atoms with Crippen molar-refractivity contribution in [2.45, 2.75) is 13.5 Å². The van der Waals surface area contributed by atoms with E-state index in [9.17, 15) is 9.18 Å².